The Hall–Kier alpha value is -3.26. The highest BCUT2D eigenvalue weighted by molar-refractivity contribution is 5.76. The van der Waals surface area contributed by atoms with E-state index in [1.807, 2.05) is 23.1 Å². The number of hydrogen-bond acceptors (Lipinski definition) is 5. The van der Waals surface area contributed by atoms with Crippen molar-refractivity contribution < 1.29 is 23.8 Å². The van der Waals surface area contributed by atoms with Gasteiger partial charge in [-0.1, -0.05) is 12.1 Å². The van der Waals surface area contributed by atoms with E-state index < -0.39 is 0 Å². The second-order valence-corrected chi connectivity index (χ2v) is 10.3. The van der Waals surface area contributed by atoms with E-state index in [4.69, 9.17) is 9.47 Å². The smallest absolute Gasteiger partial charge is 0.317 e. The third-order valence-electron chi connectivity index (χ3n) is 7.87. The van der Waals surface area contributed by atoms with Gasteiger partial charge in [-0.3, -0.25) is 9.29 Å². The van der Waals surface area contributed by atoms with E-state index in [1.165, 1.54) is 5.57 Å². The molecule has 2 aromatic rings. The van der Waals surface area contributed by atoms with Crippen molar-refractivity contribution in [3.05, 3.63) is 59.2 Å². The minimum Gasteiger partial charge on any atom is -0.508 e. The molecule has 7 nitrogen and oxygen atoms in total. The fourth-order valence-electron chi connectivity index (χ4n) is 5.76. The predicted molar refractivity (Wildman–Crippen MR) is 141 cm³/mol. The van der Waals surface area contributed by atoms with Gasteiger partial charge in [0.2, 0.25) is 0 Å². The van der Waals surface area contributed by atoms with E-state index in [0.717, 1.165) is 60.7 Å². The van der Waals surface area contributed by atoms with Crippen LogP contribution in [0.3, 0.4) is 0 Å². The SMILES string of the molecule is CNC(=O)N1CCC(C2=C(C)c3cc(O)ccc3OC2c2ccc(OCCN3CC(CF)C3)cc2)CC1. The normalized spacial score (nSPS) is 20.7. The van der Waals surface area contributed by atoms with Crippen LogP contribution in [0.4, 0.5) is 9.18 Å². The maximum absolute atomic E-state index is 12.6. The number of hydrogen-bond donors (Lipinski definition) is 2. The molecule has 2 aromatic carbocycles. The molecule has 3 heterocycles. The summed E-state index contributed by atoms with van der Waals surface area (Å²) in [6, 6.07) is 13.3. The van der Waals surface area contributed by atoms with Crippen LogP contribution in [-0.4, -0.2) is 74.0 Å². The van der Waals surface area contributed by atoms with Gasteiger partial charge in [-0.2, -0.15) is 0 Å². The van der Waals surface area contributed by atoms with Crippen molar-refractivity contribution in [1.29, 1.82) is 0 Å². The summed E-state index contributed by atoms with van der Waals surface area (Å²) < 4.78 is 25.1. The first-order chi connectivity index (χ1) is 18.0. The fourth-order valence-corrected chi connectivity index (χ4v) is 5.76. The first kappa shape index (κ1) is 25.4. The van der Waals surface area contributed by atoms with Crippen LogP contribution < -0.4 is 14.8 Å². The molecule has 5 rings (SSSR count). The molecule has 0 aromatic heterocycles. The molecule has 0 saturated carbocycles. The topological polar surface area (TPSA) is 74.3 Å². The van der Waals surface area contributed by atoms with Gasteiger partial charge in [0.05, 0.1) is 6.67 Å². The highest BCUT2D eigenvalue weighted by Gasteiger charge is 2.35. The Morgan fingerprint density at radius 2 is 1.89 bits per heavy atom. The number of urea groups is 1. The van der Waals surface area contributed by atoms with E-state index >= 15 is 0 Å². The number of benzene rings is 2. The van der Waals surface area contributed by atoms with Gasteiger partial charge in [-0.25, -0.2) is 4.79 Å². The molecule has 2 saturated heterocycles. The minimum atomic E-state index is -0.249. The molecule has 0 radical (unpaired) electrons. The second-order valence-electron chi connectivity index (χ2n) is 10.3. The highest BCUT2D eigenvalue weighted by atomic mass is 19.1. The lowest BCUT2D eigenvalue weighted by molar-refractivity contribution is 0.0668. The third-order valence-corrected chi connectivity index (χ3v) is 7.87. The van der Waals surface area contributed by atoms with Gasteiger partial charge in [0.1, 0.15) is 30.0 Å². The lowest BCUT2D eigenvalue weighted by Crippen LogP contribution is -2.49. The molecule has 3 aliphatic heterocycles. The van der Waals surface area contributed by atoms with E-state index in [0.29, 0.717) is 19.7 Å². The Morgan fingerprint density at radius 1 is 1.16 bits per heavy atom. The monoisotopic (exact) mass is 509 g/mol. The summed E-state index contributed by atoms with van der Waals surface area (Å²) in [6.07, 6.45) is 1.46. The van der Waals surface area contributed by atoms with E-state index in [2.05, 4.69) is 29.3 Å². The van der Waals surface area contributed by atoms with Gasteiger partial charge in [0.25, 0.3) is 0 Å². The number of phenolic OH excluding ortho intramolecular Hbond substituents is 1. The lowest BCUT2D eigenvalue weighted by Gasteiger charge is -2.39. The quantitative estimate of drug-likeness (QED) is 0.569. The summed E-state index contributed by atoms with van der Waals surface area (Å²) in [5.74, 6) is 2.23. The first-order valence-corrected chi connectivity index (χ1v) is 13.1. The number of phenols is 1. The minimum absolute atomic E-state index is 0.0391. The summed E-state index contributed by atoms with van der Waals surface area (Å²) in [5, 5.41) is 12.8. The van der Waals surface area contributed by atoms with Gasteiger partial charge in [0, 0.05) is 51.3 Å². The van der Waals surface area contributed by atoms with E-state index in [1.54, 1.807) is 19.2 Å². The molecule has 1 unspecified atom stereocenters. The molecular formula is C29H36FN3O4. The number of rotatable bonds is 7. The number of aromatic hydroxyl groups is 1. The van der Waals surface area contributed by atoms with Gasteiger partial charge in [0.15, 0.2) is 0 Å². The van der Waals surface area contributed by atoms with Gasteiger partial charge in [-0.05, 0) is 72.7 Å². The number of ether oxygens (including phenoxy) is 2. The molecule has 0 aliphatic carbocycles. The Morgan fingerprint density at radius 3 is 2.57 bits per heavy atom. The van der Waals surface area contributed by atoms with E-state index in [-0.39, 0.29) is 36.4 Å². The number of fused-ring (bicyclic) bond motifs is 1. The van der Waals surface area contributed by atoms with Crippen molar-refractivity contribution >= 4 is 11.6 Å². The third kappa shape index (κ3) is 5.39. The van der Waals surface area contributed by atoms with Crippen molar-refractivity contribution in [2.24, 2.45) is 11.8 Å². The number of nitrogens with zero attached hydrogens (tertiary/aromatic N) is 2. The van der Waals surface area contributed by atoms with Crippen molar-refractivity contribution in [3.63, 3.8) is 0 Å². The second kappa shape index (κ2) is 11.0. The number of carbonyl (C=O) groups excluding carboxylic acids is 1. The molecule has 2 amide bonds. The molecule has 0 bridgehead atoms. The summed E-state index contributed by atoms with van der Waals surface area (Å²) in [6.45, 7) is 6.25. The number of likely N-dealkylation sites (tertiary alicyclic amines) is 2. The maximum atomic E-state index is 12.6. The van der Waals surface area contributed by atoms with Gasteiger partial charge >= 0.3 is 6.03 Å². The molecule has 2 fully saturated rings. The summed E-state index contributed by atoms with van der Waals surface area (Å²) >= 11 is 0. The highest BCUT2D eigenvalue weighted by Crippen LogP contribution is 2.48. The summed E-state index contributed by atoms with van der Waals surface area (Å²) in [4.78, 5) is 16.2. The van der Waals surface area contributed by atoms with Crippen molar-refractivity contribution in [2.75, 3.05) is 53.1 Å². The molecule has 37 heavy (non-hydrogen) atoms. The summed E-state index contributed by atoms with van der Waals surface area (Å²) in [5.41, 5.74) is 4.30. The molecule has 0 spiro atoms. The number of alkyl halides is 1. The van der Waals surface area contributed by atoms with Crippen LogP contribution in [0.15, 0.2) is 48.0 Å². The van der Waals surface area contributed by atoms with Crippen LogP contribution >= 0.6 is 0 Å². The standard InChI is InChI=1S/C29H36FN3O4/c1-19-25-15-23(34)5-8-26(25)37-28(27(19)21-9-11-33(12-10-21)29(35)31-2)22-3-6-24(7-4-22)36-14-13-32-17-20(16-30)18-32/h3-8,15,20-21,28,34H,9-14,16-18H2,1-2H3,(H,31,35). The van der Waals surface area contributed by atoms with Crippen LogP contribution in [0.5, 0.6) is 17.2 Å². The Bertz CT molecular complexity index is 1140. The van der Waals surface area contributed by atoms with Crippen LogP contribution in [0.1, 0.15) is 37.0 Å². The molecule has 198 valence electrons. The van der Waals surface area contributed by atoms with Crippen LogP contribution in [0, 0.1) is 11.8 Å². The van der Waals surface area contributed by atoms with Crippen molar-refractivity contribution in [3.8, 4) is 17.2 Å². The number of nitrogens with one attached hydrogen (secondary N) is 1. The lowest BCUT2D eigenvalue weighted by atomic mass is 9.78. The molecule has 2 N–H and O–H groups in total. The molecular weight excluding hydrogens is 473 g/mol. The van der Waals surface area contributed by atoms with Crippen molar-refractivity contribution in [1.82, 2.24) is 15.1 Å². The Kier molecular flexibility index (Phi) is 7.55. The van der Waals surface area contributed by atoms with Crippen LogP contribution in [-0.2, 0) is 0 Å². The van der Waals surface area contributed by atoms with Crippen LogP contribution in [0.2, 0.25) is 0 Å². The number of amides is 2. The average molecular weight is 510 g/mol. The number of halogens is 1. The molecule has 1 atom stereocenters. The molecule has 8 heteroatoms. The largest absolute Gasteiger partial charge is 0.508 e. The predicted octanol–water partition coefficient (Wildman–Crippen LogP) is 4.63. The van der Waals surface area contributed by atoms with Gasteiger partial charge in [-0.15, -0.1) is 0 Å². The van der Waals surface area contributed by atoms with E-state index in [9.17, 15) is 14.3 Å². The maximum Gasteiger partial charge on any atom is 0.317 e. The zero-order chi connectivity index (χ0) is 25.9. The van der Waals surface area contributed by atoms with Crippen LogP contribution in [0.25, 0.3) is 5.57 Å². The zero-order valence-electron chi connectivity index (χ0n) is 21.6. The number of piperidine rings is 1. The summed E-state index contributed by atoms with van der Waals surface area (Å²) in [7, 11) is 1.66. The first-order valence-electron chi connectivity index (χ1n) is 13.1. The Balaban J connectivity index is 1.32. The van der Waals surface area contributed by atoms with Crippen molar-refractivity contribution in [2.45, 2.75) is 25.9 Å². The Labute approximate surface area is 217 Å². The number of allylic oxidation sites excluding steroid dienone is 1. The molecule has 3 aliphatic rings. The zero-order valence-corrected chi connectivity index (χ0v) is 21.6. The average Bonchev–Trinajstić information content (AvgIpc) is 2.90. The fraction of sp³-hybridized carbons (Fsp3) is 0.483. The van der Waals surface area contributed by atoms with Gasteiger partial charge < -0.3 is 24.8 Å². The number of carbonyl (C=O) groups is 1.